The molecule has 0 unspecified atom stereocenters. The van der Waals surface area contributed by atoms with Gasteiger partial charge in [0, 0.05) is 12.1 Å². The minimum absolute atomic E-state index is 0.152. The van der Waals surface area contributed by atoms with E-state index in [0.717, 1.165) is 27.3 Å². The molecule has 2 aliphatic rings. The minimum atomic E-state index is -1.76. The Hall–Kier alpha value is -4.09. The summed E-state index contributed by atoms with van der Waals surface area (Å²) in [6.07, 6.45) is 4.28. The largest absolute Gasteiger partial charge is 0.508 e. The fourth-order valence-electron chi connectivity index (χ4n) is 6.42. The minimum Gasteiger partial charge on any atom is -0.508 e. The number of imide groups is 1. The average molecular weight is 582 g/mol. The van der Waals surface area contributed by atoms with Crippen molar-refractivity contribution in [1.29, 1.82) is 0 Å². The fourth-order valence-corrected chi connectivity index (χ4v) is 6.42. The molecule has 1 aliphatic heterocycles. The van der Waals surface area contributed by atoms with E-state index in [4.69, 9.17) is 0 Å². The van der Waals surface area contributed by atoms with Crippen molar-refractivity contribution in [2.45, 2.75) is 38.7 Å². The molecule has 1 fully saturated rings. The first-order chi connectivity index (χ1) is 20.7. The van der Waals surface area contributed by atoms with Gasteiger partial charge in [-0.3, -0.25) is 19.5 Å². The zero-order chi connectivity index (χ0) is 30.7. The molecule has 1 aromatic heterocycles. The standard InChI is InChI=1S/C33H35BN2O7/c1-2-21-17-26-31(33(41)36(32(26)40)24-7-5-6-23(18-24)34(42)43)27(19-37)30(21)29(39)14-11-22(28-8-3-4-15-35-28)16-20-9-12-25(38)13-10-20/h3-10,12-13,15-16,18,26-27,29,31,37-39,42-43H,2,11,14,17,19H2,1H3/b22-16-/t26-,27+,29-,31-/m1/s1. The third kappa shape index (κ3) is 6.19. The first-order valence-corrected chi connectivity index (χ1v) is 14.5. The molecule has 222 valence electrons. The molecule has 2 amide bonds. The molecule has 5 rings (SSSR count). The van der Waals surface area contributed by atoms with Gasteiger partial charge >= 0.3 is 7.12 Å². The van der Waals surface area contributed by atoms with E-state index in [1.165, 1.54) is 12.1 Å². The highest BCUT2D eigenvalue weighted by molar-refractivity contribution is 6.58. The zero-order valence-electron chi connectivity index (χ0n) is 23.9. The number of hydrogen-bond acceptors (Lipinski definition) is 8. The van der Waals surface area contributed by atoms with Gasteiger partial charge in [-0.05, 0) is 90.3 Å². The lowest BCUT2D eigenvalue weighted by Crippen LogP contribution is -2.39. The van der Waals surface area contributed by atoms with E-state index in [1.54, 1.807) is 42.6 Å². The molecule has 0 radical (unpaired) electrons. The number of allylic oxidation sites excluding steroid dienone is 2. The Labute approximate surface area is 250 Å². The van der Waals surface area contributed by atoms with Crippen LogP contribution in [0.2, 0.25) is 0 Å². The molecule has 5 N–H and O–H groups in total. The van der Waals surface area contributed by atoms with Crippen LogP contribution >= 0.6 is 0 Å². The van der Waals surface area contributed by atoms with Gasteiger partial charge in [0.2, 0.25) is 11.8 Å². The smallest absolute Gasteiger partial charge is 0.488 e. The summed E-state index contributed by atoms with van der Waals surface area (Å²) in [6.45, 7) is 1.53. The van der Waals surface area contributed by atoms with Crippen LogP contribution < -0.4 is 10.4 Å². The summed E-state index contributed by atoms with van der Waals surface area (Å²) in [5.74, 6) is -2.98. The monoisotopic (exact) mass is 582 g/mol. The molecule has 0 spiro atoms. The van der Waals surface area contributed by atoms with Crippen LogP contribution in [0.4, 0.5) is 5.69 Å². The van der Waals surface area contributed by atoms with Crippen LogP contribution in [0.25, 0.3) is 11.6 Å². The van der Waals surface area contributed by atoms with Gasteiger partial charge in [-0.25, -0.2) is 0 Å². The van der Waals surface area contributed by atoms with Crippen molar-refractivity contribution in [3.8, 4) is 5.75 Å². The zero-order valence-corrected chi connectivity index (χ0v) is 23.9. The molecule has 1 aliphatic carbocycles. The maximum absolute atomic E-state index is 13.8. The van der Waals surface area contributed by atoms with Gasteiger partial charge < -0.3 is 25.4 Å². The van der Waals surface area contributed by atoms with Gasteiger partial charge in [-0.2, -0.15) is 0 Å². The van der Waals surface area contributed by atoms with Crippen LogP contribution in [-0.2, 0) is 9.59 Å². The van der Waals surface area contributed by atoms with Crippen LogP contribution in [0.15, 0.2) is 84.1 Å². The number of benzene rings is 2. The predicted molar refractivity (Wildman–Crippen MR) is 164 cm³/mol. The molecule has 1 saturated heterocycles. The van der Waals surface area contributed by atoms with Crippen molar-refractivity contribution in [3.05, 3.63) is 95.3 Å². The normalized spacial score (nSPS) is 21.3. The van der Waals surface area contributed by atoms with E-state index < -0.39 is 49.4 Å². The summed E-state index contributed by atoms with van der Waals surface area (Å²) < 4.78 is 0. The SMILES string of the molecule is CCC1=C([C@H](O)CC/C(=C/c2ccc(O)cc2)c2ccccn2)[C@H](CO)[C@@H]2C(=O)N(c3cccc(B(O)O)c3)C(=O)[C@@H]2C1. The van der Waals surface area contributed by atoms with Crippen molar-refractivity contribution in [2.24, 2.45) is 17.8 Å². The molecule has 2 heterocycles. The number of pyridine rings is 1. The van der Waals surface area contributed by atoms with Crippen molar-refractivity contribution < 1.29 is 35.0 Å². The van der Waals surface area contributed by atoms with Crippen LogP contribution in [0, 0.1) is 17.8 Å². The summed E-state index contributed by atoms with van der Waals surface area (Å²) in [4.78, 5) is 32.9. The molecular weight excluding hydrogens is 547 g/mol. The van der Waals surface area contributed by atoms with Gasteiger partial charge in [0.1, 0.15) is 5.75 Å². The number of hydrogen-bond donors (Lipinski definition) is 5. The number of aliphatic hydroxyl groups is 2. The van der Waals surface area contributed by atoms with E-state index in [9.17, 15) is 35.0 Å². The highest BCUT2D eigenvalue weighted by atomic mass is 16.4. The number of anilines is 1. The van der Waals surface area contributed by atoms with Crippen LogP contribution in [-0.4, -0.2) is 62.0 Å². The Morgan fingerprint density at radius 2 is 1.84 bits per heavy atom. The van der Waals surface area contributed by atoms with E-state index in [0.29, 0.717) is 31.3 Å². The highest BCUT2D eigenvalue weighted by Gasteiger charge is 2.55. The molecule has 43 heavy (non-hydrogen) atoms. The second-order valence-corrected chi connectivity index (χ2v) is 11.0. The summed E-state index contributed by atoms with van der Waals surface area (Å²) in [7, 11) is -1.76. The molecular formula is C33H35BN2O7. The number of amides is 2. The number of aliphatic hydroxyl groups excluding tert-OH is 2. The molecule has 3 aromatic rings. The Morgan fingerprint density at radius 1 is 1.07 bits per heavy atom. The number of aromatic nitrogens is 1. The van der Waals surface area contributed by atoms with E-state index >= 15 is 0 Å². The quantitative estimate of drug-likeness (QED) is 0.139. The number of rotatable bonds is 10. The molecule has 0 saturated carbocycles. The number of aromatic hydroxyl groups is 1. The number of phenols is 1. The lowest BCUT2D eigenvalue weighted by Gasteiger charge is -2.36. The summed E-state index contributed by atoms with van der Waals surface area (Å²) >= 11 is 0. The Bertz CT molecular complexity index is 1540. The number of nitrogens with zero attached hydrogens (tertiary/aromatic N) is 2. The second kappa shape index (κ2) is 13.1. The Morgan fingerprint density at radius 3 is 2.49 bits per heavy atom. The van der Waals surface area contributed by atoms with Crippen LogP contribution in [0.1, 0.15) is 43.9 Å². The van der Waals surface area contributed by atoms with Crippen LogP contribution in [0.3, 0.4) is 0 Å². The maximum atomic E-state index is 13.8. The summed E-state index contributed by atoms with van der Waals surface area (Å²) in [6, 6.07) is 18.4. The lowest BCUT2D eigenvalue weighted by atomic mass is 9.67. The van der Waals surface area contributed by atoms with Crippen molar-refractivity contribution in [1.82, 2.24) is 4.98 Å². The number of phenolic OH excluding ortho intramolecular Hbond substituents is 1. The Kier molecular flexibility index (Phi) is 9.22. The topological polar surface area (TPSA) is 151 Å². The molecule has 9 nitrogen and oxygen atoms in total. The van der Waals surface area contributed by atoms with Crippen molar-refractivity contribution in [3.63, 3.8) is 0 Å². The van der Waals surface area contributed by atoms with Crippen molar-refractivity contribution in [2.75, 3.05) is 11.5 Å². The lowest BCUT2D eigenvalue weighted by molar-refractivity contribution is -0.123. The highest BCUT2D eigenvalue weighted by Crippen LogP contribution is 2.48. The molecule has 4 atom stereocenters. The van der Waals surface area contributed by atoms with Gasteiger partial charge in [-0.1, -0.05) is 42.8 Å². The Balaban J connectivity index is 1.42. The van der Waals surface area contributed by atoms with Gasteiger partial charge in [0.05, 0.1) is 35.9 Å². The fraction of sp³-hybridized carbons (Fsp3) is 0.303. The van der Waals surface area contributed by atoms with Gasteiger partial charge in [0.25, 0.3) is 0 Å². The summed E-state index contributed by atoms with van der Waals surface area (Å²) in [5, 5.41) is 51.1. The molecule has 2 aromatic carbocycles. The van der Waals surface area contributed by atoms with Gasteiger partial charge in [-0.15, -0.1) is 0 Å². The second-order valence-electron chi connectivity index (χ2n) is 11.0. The first kappa shape index (κ1) is 30.4. The van der Waals surface area contributed by atoms with E-state index in [1.807, 2.05) is 31.2 Å². The van der Waals surface area contributed by atoms with Crippen molar-refractivity contribution >= 4 is 41.7 Å². The summed E-state index contributed by atoms with van der Waals surface area (Å²) in [5.41, 5.74) is 4.35. The van der Waals surface area contributed by atoms with Crippen LogP contribution in [0.5, 0.6) is 5.75 Å². The molecule has 0 bridgehead atoms. The average Bonchev–Trinajstić information content (AvgIpc) is 3.28. The maximum Gasteiger partial charge on any atom is 0.488 e. The number of carbonyl (C=O) groups is 2. The number of fused-ring (bicyclic) bond motifs is 1. The van der Waals surface area contributed by atoms with E-state index in [-0.39, 0.29) is 16.9 Å². The number of carbonyl (C=O) groups excluding carboxylic acids is 2. The van der Waals surface area contributed by atoms with E-state index in [2.05, 4.69) is 4.98 Å². The first-order valence-electron chi connectivity index (χ1n) is 14.5. The third-order valence-electron chi connectivity index (χ3n) is 8.51. The predicted octanol–water partition coefficient (Wildman–Crippen LogP) is 2.67. The molecule has 10 heteroatoms. The third-order valence-corrected chi connectivity index (χ3v) is 8.51. The van der Waals surface area contributed by atoms with Gasteiger partial charge in [0.15, 0.2) is 0 Å².